The van der Waals surface area contributed by atoms with Crippen molar-refractivity contribution in [3.05, 3.63) is 100 Å². The Morgan fingerprint density at radius 1 is 1.03 bits per heavy atom. The number of hydrogen-bond acceptors (Lipinski definition) is 5. The van der Waals surface area contributed by atoms with Gasteiger partial charge in [-0.15, -0.1) is 0 Å². The van der Waals surface area contributed by atoms with E-state index < -0.39 is 0 Å². The fraction of sp³-hybridized carbons (Fsp3) is 0.0769. The van der Waals surface area contributed by atoms with Crippen molar-refractivity contribution in [3.8, 4) is 17.7 Å². The van der Waals surface area contributed by atoms with Crippen LogP contribution in [0.2, 0.25) is 0 Å². The summed E-state index contributed by atoms with van der Waals surface area (Å²) >= 11 is 0. The molecule has 3 heterocycles. The number of para-hydroxylation sites is 3. The highest BCUT2D eigenvalue weighted by atomic mass is 16.5. The number of fused-ring (bicyclic) bond motifs is 2. The molecule has 0 amide bonds. The molecule has 33 heavy (non-hydrogen) atoms. The summed E-state index contributed by atoms with van der Waals surface area (Å²) in [6.45, 7) is 1.88. The van der Waals surface area contributed by atoms with Gasteiger partial charge in [0.25, 0.3) is 5.56 Å². The van der Waals surface area contributed by atoms with E-state index in [9.17, 15) is 10.1 Å². The van der Waals surface area contributed by atoms with Crippen LogP contribution < -0.4 is 10.3 Å². The van der Waals surface area contributed by atoms with Gasteiger partial charge in [-0.05, 0) is 48.9 Å². The molecule has 0 aliphatic carbocycles. The van der Waals surface area contributed by atoms with Crippen LogP contribution in [0.5, 0.6) is 11.6 Å². The van der Waals surface area contributed by atoms with E-state index in [2.05, 4.69) is 16.0 Å². The number of aryl methyl sites for hydroxylation is 2. The molecule has 0 spiro atoms. The first-order valence-electron chi connectivity index (χ1n) is 10.4. The van der Waals surface area contributed by atoms with Crippen molar-refractivity contribution in [2.24, 2.45) is 7.05 Å². The number of nitriles is 1. The topological polar surface area (TPSA) is 85.2 Å². The maximum atomic E-state index is 13.5. The zero-order chi connectivity index (χ0) is 22.9. The minimum absolute atomic E-state index is 0.131. The summed E-state index contributed by atoms with van der Waals surface area (Å²) in [6, 6.07) is 22.6. The second-order valence-corrected chi connectivity index (χ2v) is 7.59. The summed E-state index contributed by atoms with van der Waals surface area (Å²) in [6.07, 6.45) is 3.16. The fourth-order valence-electron chi connectivity index (χ4n) is 3.77. The highest BCUT2D eigenvalue weighted by Gasteiger charge is 2.18. The lowest BCUT2D eigenvalue weighted by atomic mass is 10.1. The zero-order valence-electron chi connectivity index (χ0n) is 18.1. The molecule has 0 fully saturated rings. The SMILES string of the molecule is Cc1cccn2c(=O)c(C=C(C#N)c3nc4ccccc4n3C)c(Oc3ccccc3)nc12. The molecule has 0 unspecified atom stereocenters. The average molecular weight is 433 g/mol. The van der Waals surface area contributed by atoms with E-state index in [4.69, 9.17) is 4.74 Å². The van der Waals surface area contributed by atoms with Crippen molar-refractivity contribution in [1.29, 1.82) is 5.26 Å². The van der Waals surface area contributed by atoms with Gasteiger partial charge in [-0.3, -0.25) is 9.20 Å². The lowest BCUT2D eigenvalue weighted by Crippen LogP contribution is -2.19. The van der Waals surface area contributed by atoms with E-state index in [-0.39, 0.29) is 22.6 Å². The maximum Gasteiger partial charge on any atom is 0.269 e. The monoisotopic (exact) mass is 433 g/mol. The molecule has 0 radical (unpaired) electrons. The third-order valence-corrected chi connectivity index (χ3v) is 5.44. The predicted molar refractivity (Wildman–Crippen MR) is 127 cm³/mol. The summed E-state index contributed by atoms with van der Waals surface area (Å²) in [5.41, 5.74) is 3.05. The first kappa shape index (κ1) is 20.2. The van der Waals surface area contributed by atoms with E-state index >= 15 is 0 Å². The van der Waals surface area contributed by atoms with E-state index in [1.54, 1.807) is 24.4 Å². The number of rotatable bonds is 4. The Morgan fingerprint density at radius 2 is 1.79 bits per heavy atom. The van der Waals surface area contributed by atoms with Crippen molar-refractivity contribution < 1.29 is 4.74 Å². The minimum atomic E-state index is -0.332. The summed E-state index contributed by atoms with van der Waals surface area (Å²) in [4.78, 5) is 22.7. The van der Waals surface area contributed by atoms with Gasteiger partial charge in [0, 0.05) is 13.2 Å². The van der Waals surface area contributed by atoms with Crippen LogP contribution in [0.3, 0.4) is 0 Å². The molecule has 7 nitrogen and oxygen atoms in total. The summed E-state index contributed by atoms with van der Waals surface area (Å²) in [7, 11) is 1.84. The minimum Gasteiger partial charge on any atom is -0.438 e. The van der Waals surface area contributed by atoms with Crippen molar-refractivity contribution in [3.63, 3.8) is 0 Å². The van der Waals surface area contributed by atoms with Crippen molar-refractivity contribution >= 4 is 28.3 Å². The Kier molecular flexibility index (Phi) is 4.96. The van der Waals surface area contributed by atoms with Crippen molar-refractivity contribution in [1.82, 2.24) is 18.9 Å². The fourth-order valence-corrected chi connectivity index (χ4v) is 3.77. The van der Waals surface area contributed by atoms with Gasteiger partial charge in [0.05, 0.1) is 16.6 Å². The summed E-state index contributed by atoms with van der Waals surface area (Å²) < 4.78 is 9.31. The molecule has 5 rings (SSSR count). The summed E-state index contributed by atoms with van der Waals surface area (Å²) in [5.74, 6) is 1.13. The molecule has 5 aromatic rings. The van der Waals surface area contributed by atoms with Crippen LogP contribution in [-0.4, -0.2) is 18.9 Å². The molecule has 0 aliphatic heterocycles. The van der Waals surface area contributed by atoms with Crippen LogP contribution >= 0.6 is 0 Å². The lowest BCUT2D eigenvalue weighted by Gasteiger charge is -2.11. The van der Waals surface area contributed by atoms with Gasteiger partial charge in [0.2, 0.25) is 5.88 Å². The number of imidazole rings is 1. The maximum absolute atomic E-state index is 13.5. The number of nitrogens with zero attached hydrogens (tertiary/aromatic N) is 5. The van der Waals surface area contributed by atoms with Crippen LogP contribution in [0.25, 0.3) is 28.3 Å². The quantitative estimate of drug-likeness (QED) is 0.382. The Hall–Kier alpha value is -4.70. The lowest BCUT2D eigenvalue weighted by molar-refractivity contribution is 0.461. The first-order chi connectivity index (χ1) is 16.1. The van der Waals surface area contributed by atoms with Crippen molar-refractivity contribution in [2.75, 3.05) is 0 Å². The third-order valence-electron chi connectivity index (χ3n) is 5.44. The smallest absolute Gasteiger partial charge is 0.269 e. The average Bonchev–Trinajstić information content (AvgIpc) is 3.17. The number of ether oxygens (including phenoxy) is 1. The second kappa shape index (κ2) is 8.09. The van der Waals surface area contributed by atoms with Crippen LogP contribution in [-0.2, 0) is 7.05 Å². The van der Waals surface area contributed by atoms with Gasteiger partial charge in [-0.25, -0.2) is 4.98 Å². The molecule has 0 saturated carbocycles. The number of aromatic nitrogens is 4. The standard InChI is InChI=1S/C26H19N5O2/c1-17-9-8-14-31-23(17)29-25(33-19-10-4-3-5-11-19)20(26(31)32)15-18(16-27)24-28-21-12-6-7-13-22(21)30(24)2/h3-15H,1-2H3. The highest BCUT2D eigenvalue weighted by molar-refractivity contribution is 5.91. The van der Waals surface area contributed by atoms with Gasteiger partial charge in [-0.1, -0.05) is 36.4 Å². The van der Waals surface area contributed by atoms with E-state index in [1.165, 1.54) is 10.5 Å². The van der Waals surface area contributed by atoms with Crippen LogP contribution in [0.15, 0.2) is 77.7 Å². The number of benzene rings is 2. The third kappa shape index (κ3) is 3.54. The summed E-state index contributed by atoms with van der Waals surface area (Å²) in [5, 5.41) is 9.98. The van der Waals surface area contributed by atoms with Crippen LogP contribution in [0.1, 0.15) is 17.0 Å². The zero-order valence-corrected chi connectivity index (χ0v) is 18.1. The molecule has 3 aromatic heterocycles. The number of hydrogen-bond donors (Lipinski definition) is 0. The van der Waals surface area contributed by atoms with E-state index in [0.29, 0.717) is 17.2 Å². The Labute approximate surface area is 189 Å². The molecule has 0 atom stereocenters. The van der Waals surface area contributed by atoms with Gasteiger partial charge < -0.3 is 9.30 Å². The van der Waals surface area contributed by atoms with Crippen molar-refractivity contribution in [2.45, 2.75) is 6.92 Å². The molecule has 160 valence electrons. The van der Waals surface area contributed by atoms with Crippen LogP contribution in [0, 0.1) is 18.3 Å². The van der Waals surface area contributed by atoms with E-state index in [1.807, 2.05) is 67.1 Å². The van der Waals surface area contributed by atoms with Gasteiger partial charge in [-0.2, -0.15) is 10.2 Å². The van der Waals surface area contributed by atoms with Gasteiger partial charge in [0.1, 0.15) is 23.0 Å². The molecule has 0 bridgehead atoms. The largest absolute Gasteiger partial charge is 0.438 e. The predicted octanol–water partition coefficient (Wildman–Crippen LogP) is 4.75. The Morgan fingerprint density at radius 3 is 2.55 bits per heavy atom. The highest BCUT2D eigenvalue weighted by Crippen LogP contribution is 2.27. The molecular formula is C26H19N5O2. The molecule has 7 heteroatoms. The first-order valence-corrected chi connectivity index (χ1v) is 10.4. The number of pyridine rings is 1. The van der Waals surface area contributed by atoms with Gasteiger partial charge >= 0.3 is 0 Å². The van der Waals surface area contributed by atoms with Crippen LogP contribution in [0.4, 0.5) is 0 Å². The molecule has 0 saturated heterocycles. The molecule has 0 aliphatic rings. The normalized spacial score (nSPS) is 11.6. The van der Waals surface area contributed by atoms with E-state index in [0.717, 1.165) is 16.6 Å². The molecule has 2 aromatic carbocycles. The van der Waals surface area contributed by atoms with Gasteiger partial charge in [0.15, 0.2) is 5.82 Å². The number of allylic oxidation sites excluding steroid dienone is 1. The Bertz CT molecular complexity index is 1640. The molecular weight excluding hydrogens is 414 g/mol. The Balaban J connectivity index is 1.76. The molecule has 0 N–H and O–H groups in total. The second-order valence-electron chi connectivity index (χ2n) is 7.59.